The van der Waals surface area contributed by atoms with E-state index >= 15 is 0 Å². The minimum atomic E-state index is -0.691. The standard InChI is InChI=1S/C24H31N2O4/c1-5-26(3)19-9-7-6-8-15(19)16-10-11-25-12-17-14(2)30-13-18(24(28)29-4)20(17)23(27)21(25)22(16)26/h6-9,13-14,17,20-21,23,27H,5,10-12H2,1-4H3/q+1. The molecule has 6 atom stereocenters. The molecule has 0 aliphatic carbocycles. The zero-order valence-electron chi connectivity index (χ0n) is 18.2. The number of nitrogens with zero attached hydrogens (tertiary/aromatic N) is 2. The SMILES string of the molecule is CC[N+]1(C)C2=C(CCN3CC4C(C)OC=C(C(=O)OC)C4C(O)C23)c2ccccc21. The van der Waals surface area contributed by atoms with Crippen molar-refractivity contribution in [3.05, 3.63) is 47.4 Å². The number of benzene rings is 1. The van der Waals surface area contributed by atoms with Gasteiger partial charge in [-0.25, -0.2) is 4.79 Å². The molecule has 4 aliphatic heterocycles. The van der Waals surface area contributed by atoms with Crippen LogP contribution in [-0.2, 0) is 14.3 Å². The molecule has 6 heteroatoms. The lowest BCUT2D eigenvalue weighted by molar-refractivity contribution is -0.142. The molecule has 0 amide bonds. The lowest BCUT2D eigenvalue weighted by Gasteiger charge is -2.53. The molecule has 0 aromatic heterocycles. The van der Waals surface area contributed by atoms with E-state index in [2.05, 4.69) is 43.1 Å². The van der Waals surface area contributed by atoms with Gasteiger partial charge in [-0.3, -0.25) is 9.38 Å². The summed E-state index contributed by atoms with van der Waals surface area (Å²) < 4.78 is 11.5. The van der Waals surface area contributed by atoms with Crippen molar-refractivity contribution in [2.75, 3.05) is 33.8 Å². The Balaban J connectivity index is 1.63. The summed E-state index contributed by atoms with van der Waals surface area (Å²) in [5.74, 6) is -0.637. The van der Waals surface area contributed by atoms with Gasteiger partial charge >= 0.3 is 5.97 Å². The Labute approximate surface area is 178 Å². The second-order valence-corrected chi connectivity index (χ2v) is 9.16. The van der Waals surface area contributed by atoms with Crippen molar-refractivity contribution in [2.45, 2.75) is 38.5 Å². The van der Waals surface area contributed by atoms with Crippen LogP contribution >= 0.6 is 0 Å². The van der Waals surface area contributed by atoms with E-state index in [0.29, 0.717) is 10.1 Å². The highest BCUT2D eigenvalue weighted by Gasteiger charge is 2.58. The van der Waals surface area contributed by atoms with Crippen LogP contribution in [0.2, 0.25) is 0 Å². The summed E-state index contributed by atoms with van der Waals surface area (Å²) in [6, 6.07) is 8.52. The number of fused-ring (bicyclic) bond motifs is 5. The van der Waals surface area contributed by atoms with Gasteiger partial charge in [0.2, 0.25) is 0 Å². The first-order valence-electron chi connectivity index (χ1n) is 11.0. The fraction of sp³-hybridized carbons (Fsp3) is 0.542. The number of piperidine rings is 1. The highest BCUT2D eigenvalue weighted by atomic mass is 16.5. The van der Waals surface area contributed by atoms with Gasteiger partial charge in [-0.05, 0) is 26.3 Å². The summed E-state index contributed by atoms with van der Waals surface area (Å²) in [5, 5.41) is 11.8. The maximum atomic E-state index is 12.5. The van der Waals surface area contributed by atoms with Crippen LogP contribution in [-0.4, -0.2) is 68.0 Å². The monoisotopic (exact) mass is 411 g/mol. The molecule has 0 saturated carbocycles. The van der Waals surface area contributed by atoms with Gasteiger partial charge in [-0.2, -0.15) is 0 Å². The maximum absolute atomic E-state index is 12.5. The lowest BCUT2D eigenvalue weighted by atomic mass is 9.70. The highest BCUT2D eigenvalue weighted by molar-refractivity contribution is 5.90. The largest absolute Gasteiger partial charge is 0.497 e. The first kappa shape index (κ1) is 19.8. The number of esters is 1. The van der Waals surface area contributed by atoms with Crippen LogP contribution in [0.25, 0.3) is 5.57 Å². The smallest absolute Gasteiger partial charge is 0.337 e. The van der Waals surface area contributed by atoms with Gasteiger partial charge in [0.15, 0.2) is 0 Å². The van der Waals surface area contributed by atoms with E-state index in [1.165, 1.54) is 35.9 Å². The summed E-state index contributed by atoms with van der Waals surface area (Å²) in [4.78, 5) is 14.9. The van der Waals surface area contributed by atoms with Crippen LogP contribution in [0.1, 0.15) is 25.8 Å². The molecular formula is C24H31N2O4+. The molecule has 6 nitrogen and oxygen atoms in total. The Hall–Kier alpha value is -2.15. The second-order valence-electron chi connectivity index (χ2n) is 9.16. The molecule has 30 heavy (non-hydrogen) atoms. The van der Waals surface area contributed by atoms with Crippen LogP contribution in [0.5, 0.6) is 0 Å². The van der Waals surface area contributed by atoms with E-state index in [1.807, 2.05) is 6.92 Å². The fourth-order valence-electron chi connectivity index (χ4n) is 6.30. The molecule has 4 heterocycles. The van der Waals surface area contributed by atoms with E-state index in [9.17, 15) is 9.90 Å². The van der Waals surface area contributed by atoms with Gasteiger partial charge in [0.05, 0.1) is 44.7 Å². The third kappa shape index (κ3) is 2.50. The molecule has 0 bridgehead atoms. The molecule has 0 spiro atoms. The molecule has 0 radical (unpaired) electrons. The molecule has 1 fully saturated rings. The van der Waals surface area contributed by atoms with Gasteiger partial charge in [-0.15, -0.1) is 0 Å². The molecule has 160 valence electrons. The number of carbonyl (C=O) groups excluding carboxylic acids is 1. The van der Waals surface area contributed by atoms with E-state index in [4.69, 9.17) is 9.47 Å². The number of aliphatic hydroxyl groups is 1. The molecule has 1 aromatic carbocycles. The van der Waals surface area contributed by atoms with Gasteiger partial charge in [0, 0.05) is 42.1 Å². The molecule has 4 aliphatic rings. The van der Waals surface area contributed by atoms with Crippen molar-refractivity contribution in [3.8, 4) is 0 Å². The average Bonchev–Trinajstić information content (AvgIpc) is 3.03. The zero-order chi connectivity index (χ0) is 21.2. The molecule has 1 aromatic rings. The highest BCUT2D eigenvalue weighted by Crippen LogP contribution is 2.53. The number of likely N-dealkylation sites (N-methyl/N-ethyl adjacent to an activating group) is 1. The van der Waals surface area contributed by atoms with E-state index in [1.54, 1.807) is 0 Å². The van der Waals surface area contributed by atoms with Crippen molar-refractivity contribution in [1.29, 1.82) is 0 Å². The zero-order valence-corrected chi connectivity index (χ0v) is 18.2. The van der Waals surface area contributed by atoms with Crippen molar-refractivity contribution in [1.82, 2.24) is 9.38 Å². The quantitative estimate of drug-likeness (QED) is 0.599. The average molecular weight is 412 g/mol. The first-order valence-corrected chi connectivity index (χ1v) is 11.0. The number of methoxy groups -OCH3 is 1. The van der Waals surface area contributed by atoms with Gasteiger partial charge in [0.25, 0.3) is 0 Å². The van der Waals surface area contributed by atoms with Crippen LogP contribution in [0.4, 0.5) is 5.69 Å². The summed E-state index contributed by atoms with van der Waals surface area (Å²) >= 11 is 0. The Bertz CT molecular complexity index is 954. The van der Waals surface area contributed by atoms with E-state index < -0.39 is 12.1 Å². The molecule has 6 unspecified atom stereocenters. The Morgan fingerprint density at radius 3 is 2.87 bits per heavy atom. The van der Waals surface area contributed by atoms with Crippen LogP contribution in [0, 0.1) is 11.8 Å². The first-order chi connectivity index (χ1) is 14.4. The molecular weight excluding hydrogens is 380 g/mol. The Morgan fingerprint density at radius 1 is 1.37 bits per heavy atom. The second kappa shape index (κ2) is 6.94. The molecule has 5 rings (SSSR count). The van der Waals surface area contributed by atoms with Crippen LogP contribution < -0.4 is 4.48 Å². The van der Waals surface area contributed by atoms with Crippen molar-refractivity contribution >= 4 is 17.2 Å². The van der Waals surface area contributed by atoms with Crippen molar-refractivity contribution in [2.24, 2.45) is 11.8 Å². The normalized spacial score (nSPS) is 37.4. The lowest BCUT2D eigenvalue weighted by Crippen LogP contribution is -2.65. The minimum absolute atomic E-state index is 0.0535. The summed E-state index contributed by atoms with van der Waals surface area (Å²) in [5.41, 5.74) is 5.75. The van der Waals surface area contributed by atoms with Gasteiger partial charge in [0.1, 0.15) is 17.4 Å². The number of aliphatic hydroxyl groups excluding tert-OH is 1. The summed E-state index contributed by atoms with van der Waals surface area (Å²) in [6.07, 6.45) is 1.76. The van der Waals surface area contributed by atoms with Crippen LogP contribution in [0.3, 0.4) is 0 Å². The Kier molecular flexibility index (Phi) is 4.58. The number of carbonyl (C=O) groups is 1. The molecule has 1 saturated heterocycles. The van der Waals surface area contributed by atoms with Crippen molar-refractivity contribution in [3.63, 3.8) is 0 Å². The third-order valence-corrected chi connectivity index (χ3v) is 7.95. The predicted octanol–water partition coefficient (Wildman–Crippen LogP) is 2.53. The number of hydrogen-bond acceptors (Lipinski definition) is 5. The number of hydrogen-bond donors (Lipinski definition) is 1. The number of quaternary nitrogens is 1. The maximum Gasteiger partial charge on any atom is 0.337 e. The van der Waals surface area contributed by atoms with Crippen LogP contribution in [0.15, 0.2) is 41.8 Å². The van der Waals surface area contributed by atoms with Gasteiger partial charge in [-0.1, -0.05) is 12.1 Å². The topological polar surface area (TPSA) is 59.0 Å². The number of ether oxygens (including phenoxy) is 2. The van der Waals surface area contributed by atoms with E-state index in [-0.39, 0.29) is 24.0 Å². The summed E-state index contributed by atoms with van der Waals surface area (Å²) in [7, 11) is 3.64. The summed E-state index contributed by atoms with van der Waals surface area (Å²) in [6.45, 7) is 6.87. The molecule has 1 N–H and O–H groups in total. The number of para-hydroxylation sites is 1. The Morgan fingerprint density at radius 2 is 2.13 bits per heavy atom. The number of rotatable bonds is 2. The minimum Gasteiger partial charge on any atom is -0.497 e. The van der Waals surface area contributed by atoms with Gasteiger partial charge < -0.3 is 14.6 Å². The predicted molar refractivity (Wildman–Crippen MR) is 115 cm³/mol. The van der Waals surface area contributed by atoms with E-state index in [0.717, 1.165) is 26.1 Å². The fourth-order valence-corrected chi connectivity index (χ4v) is 6.30. The van der Waals surface area contributed by atoms with Crippen molar-refractivity contribution < 1.29 is 19.4 Å². The third-order valence-electron chi connectivity index (χ3n) is 7.95.